The van der Waals surface area contributed by atoms with Crippen LogP contribution in [-0.2, 0) is 0 Å². The molecule has 2 heterocycles. The van der Waals surface area contributed by atoms with Crippen LogP contribution in [0.15, 0.2) is 253 Å². The minimum absolute atomic E-state index is 0.869. The van der Waals surface area contributed by atoms with E-state index in [0.29, 0.717) is 0 Å². The maximum atomic E-state index is 6.53. The summed E-state index contributed by atoms with van der Waals surface area (Å²) >= 11 is 0. The van der Waals surface area contributed by atoms with E-state index in [1.165, 1.54) is 32.9 Å². The summed E-state index contributed by atoms with van der Waals surface area (Å²) in [6, 6.07) is 88.7. The Kier molecular flexibility index (Phi) is 9.12. The lowest BCUT2D eigenvalue weighted by molar-refractivity contribution is 0.669. The van der Waals surface area contributed by atoms with Gasteiger partial charge in [-0.3, -0.25) is 0 Å². The van der Waals surface area contributed by atoms with Gasteiger partial charge in [-0.2, -0.15) is 0 Å². The first kappa shape index (κ1) is 37.2. The first-order chi connectivity index (χ1) is 31.7. The predicted octanol–water partition coefficient (Wildman–Crippen LogP) is 17.0. The lowest BCUT2D eigenvalue weighted by Crippen LogP contribution is -2.10. The molecule has 0 bridgehead atoms. The molecule has 0 saturated heterocycles. The number of aromatic nitrogens is 1. The Morgan fingerprint density at radius 1 is 0.297 bits per heavy atom. The Balaban J connectivity index is 0.927. The average molecular weight is 820 g/mol. The molecule has 64 heavy (non-hydrogen) atoms. The fourth-order valence-corrected chi connectivity index (χ4v) is 9.36. The van der Waals surface area contributed by atoms with E-state index in [9.17, 15) is 0 Å². The van der Waals surface area contributed by atoms with E-state index in [1.54, 1.807) is 0 Å². The molecule has 0 aliphatic heterocycles. The normalized spacial score (nSPS) is 11.4. The van der Waals surface area contributed by atoms with Crippen LogP contribution in [0.1, 0.15) is 0 Å². The Morgan fingerprint density at radius 3 is 1.44 bits per heavy atom. The van der Waals surface area contributed by atoms with Crippen LogP contribution in [0.2, 0.25) is 0 Å². The van der Waals surface area contributed by atoms with Gasteiger partial charge in [0, 0.05) is 55.7 Å². The first-order valence-corrected chi connectivity index (χ1v) is 21.8. The molecule has 0 aliphatic rings. The molecular formula is C60H41N3O. The topological polar surface area (TPSA) is 24.6 Å². The van der Waals surface area contributed by atoms with Crippen LogP contribution in [0.25, 0.3) is 71.7 Å². The highest BCUT2D eigenvalue weighted by Crippen LogP contribution is 2.44. The molecule has 0 aliphatic carbocycles. The second-order valence-corrected chi connectivity index (χ2v) is 16.2. The van der Waals surface area contributed by atoms with Gasteiger partial charge in [-0.1, -0.05) is 146 Å². The van der Waals surface area contributed by atoms with Gasteiger partial charge in [-0.25, -0.2) is 0 Å². The van der Waals surface area contributed by atoms with Gasteiger partial charge < -0.3 is 18.8 Å². The van der Waals surface area contributed by atoms with E-state index in [0.717, 1.165) is 72.9 Å². The number of hydrogen-bond donors (Lipinski definition) is 0. The maximum Gasteiger partial charge on any atom is 0.159 e. The summed E-state index contributed by atoms with van der Waals surface area (Å²) in [5, 5.41) is 4.64. The molecule has 0 fully saturated rings. The molecule has 4 nitrogen and oxygen atoms in total. The van der Waals surface area contributed by atoms with Crippen molar-refractivity contribution < 1.29 is 4.42 Å². The fourth-order valence-electron chi connectivity index (χ4n) is 9.36. The minimum atomic E-state index is 0.869. The molecule has 0 spiro atoms. The molecule has 2 aromatic heterocycles. The van der Waals surface area contributed by atoms with Gasteiger partial charge in [-0.15, -0.1) is 0 Å². The summed E-state index contributed by atoms with van der Waals surface area (Å²) in [5.41, 5.74) is 16.3. The predicted molar refractivity (Wildman–Crippen MR) is 268 cm³/mol. The van der Waals surface area contributed by atoms with Crippen LogP contribution < -0.4 is 9.80 Å². The van der Waals surface area contributed by atoms with Gasteiger partial charge in [-0.05, 0) is 125 Å². The Labute approximate surface area is 371 Å². The zero-order valence-electron chi connectivity index (χ0n) is 34.9. The Hall–Kier alpha value is -8.60. The number of anilines is 6. The van der Waals surface area contributed by atoms with Crippen molar-refractivity contribution >= 4 is 77.9 Å². The second-order valence-electron chi connectivity index (χ2n) is 16.2. The summed E-state index contributed by atoms with van der Waals surface area (Å²) in [6.45, 7) is 0. The zero-order valence-corrected chi connectivity index (χ0v) is 34.9. The third kappa shape index (κ3) is 6.48. The van der Waals surface area contributed by atoms with Crippen molar-refractivity contribution in [2.45, 2.75) is 0 Å². The number of rotatable bonds is 9. The van der Waals surface area contributed by atoms with E-state index >= 15 is 0 Å². The van der Waals surface area contributed by atoms with Crippen LogP contribution in [0.4, 0.5) is 34.1 Å². The van der Waals surface area contributed by atoms with Crippen molar-refractivity contribution in [2.75, 3.05) is 9.80 Å². The molecular weight excluding hydrogens is 779 g/mol. The number of hydrogen-bond acceptors (Lipinski definition) is 3. The van der Waals surface area contributed by atoms with Gasteiger partial charge in [0.05, 0.1) is 16.7 Å². The molecule has 12 rings (SSSR count). The highest BCUT2D eigenvalue weighted by atomic mass is 16.3. The quantitative estimate of drug-likeness (QED) is 0.145. The monoisotopic (exact) mass is 819 g/mol. The number of para-hydroxylation sites is 5. The molecule has 0 radical (unpaired) electrons. The minimum Gasteiger partial charge on any atom is -0.454 e. The van der Waals surface area contributed by atoms with Gasteiger partial charge in [0.15, 0.2) is 5.58 Å². The smallest absolute Gasteiger partial charge is 0.159 e. The van der Waals surface area contributed by atoms with E-state index < -0.39 is 0 Å². The Morgan fingerprint density at radius 2 is 0.766 bits per heavy atom. The molecule has 0 amide bonds. The third-order valence-corrected chi connectivity index (χ3v) is 12.4. The maximum absolute atomic E-state index is 6.53. The van der Waals surface area contributed by atoms with Gasteiger partial charge in [0.25, 0.3) is 0 Å². The van der Waals surface area contributed by atoms with Crippen LogP contribution >= 0.6 is 0 Å². The number of furan rings is 1. The lowest BCUT2D eigenvalue weighted by Gasteiger charge is -2.26. The van der Waals surface area contributed by atoms with E-state index in [4.69, 9.17) is 4.42 Å². The summed E-state index contributed by atoms with van der Waals surface area (Å²) in [4.78, 5) is 4.64. The SMILES string of the molecule is c1ccc(-c2ccc3c(c2)c2cc(N(c4ccccc4)c4ccc(-c5ccc(N(c6ccccc6)c6cccc7c6oc6ccccc67)cc5)cc4)ccc2n3-c2ccccc2)cc1. The molecule has 4 heteroatoms. The summed E-state index contributed by atoms with van der Waals surface area (Å²) in [7, 11) is 0. The zero-order chi connectivity index (χ0) is 42.4. The summed E-state index contributed by atoms with van der Waals surface area (Å²) in [6.07, 6.45) is 0. The standard InChI is InChI=1S/C60H41N3O/c1-5-16-42(17-6-1)45-32-38-56-54(40-45)55-41-51(37-39-57(55)63(56)48-22-11-4-12-23-48)61(46-18-7-2-8-19-46)49-33-28-43(29-34-49)44-30-35-50(36-31-44)62(47-20-9-3-10-21-47)58-26-15-25-53-52-24-13-14-27-59(52)64-60(53)58/h1-41H. The molecule has 0 N–H and O–H groups in total. The van der Waals surface area contributed by atoms with Crippen molar-refractivity contribution in [3.63, 3.8) is 0 Å². The van der Waals surface area contributed by atoms with Crippen LogP contribution in [0.5, 0.6) is 0 Å². The molecule has 12 aromatic rings. The van der Waals surface area contributed by atoms with Crippen LogP contribution in [-0.4, -0.2) is 4.57 Å². The first-order valence-electron chi connectivity index (χ1n) is 21.8. The molecule has 0 atom stereocenters. The summed E-state index contributed by atoms with van der Waals surface area (Å²) in [5.74, 6) is 0. The Bertz CT molecular complexity index is 3580. The largest absolute Gasteiger partial charge is 0.454 e. The molecule has 0 unspecified atom stereocenters. The van der Waals surface area contributed by atoms with Crippen molar-refractivity contribution in [1.82, 2.24) is 4.57 Å². The fraction of sp³-hybridized carbons (Fsp3) is 0. The van der Waals surface area contributed by atoms with Gasteiger partial charge in [0.2, 0.25) is 0 Å². The number of fused-ring (bicyclic) bond motifs is 6. The van der Waals surface area contributed by atoms with E-state index in [2.05, 4.69) is 251 Å². The number of benzene rings is 10. The summed E-state index contributed by atoms with van der Waals surface area (Å²) < 4.78 is 8.91. The van der Waals surface area contributed by atoms with Crippen molar-refractivity contribution in [1.29, 1.82) is 0 Å². The molecule has 10 aromatic carbocycles. The molecule has 302 valence electrons. The highest BCUT2D eigenvalue weighted by molar-refractivity contribution is 6.12. The van der Waals surface area contributed by atoms with Crippen molar-refractivity contribution in [3.8, 4) is 27.9 Å². The van der Waals surface area contributed by atoms with Crippen molar-refractivity contribution in [2.24, 2.45) is 0 Å². The molecule has 0 saturated carbocycles. The van der Waals surface area contributed by atoms with Gasteiger partial charge >= 0.3 is 0 Å². The average Bonchev–Trinajstić information content (AvgIpc) is 3.92. The lowest BCUT2D eigenvalue weighted by atomic mass is 10.0. The van der Waals surface area contributed by atoms with Gasteiger partial charge in [0.1, 0.15) is 5.58 Å². The number of nitrogens with zero attached hydrogens (tertiary/aromatic N) is 3. The van der Waals surface area contributed by atoms with Crippen molar-refractivity contribution in [3.05, 3.63) is 249 Å². The van der Waals surface area contributed by atoms with E-state index in [-0.39, 0.29) is 0 Å². The highest BCUT2D eigenvalue weighted by Gasteiger charge is 2.21. The third-order valence-electron chi connectivity index (χ3n) is 12.4. The van der Waals surface area contributed by atoms with Crippen LogP contribution in [0.3, 0.4) is 0 Å². The van der Waals surface area contributed by atoms with E-state index in [1.807, 2.05) is 12.1 Å². The van der Waals surface area contributed by atoms with Crippen LogP contribution in [0, 0.1) is 0 Å². The second kappa shape index (κ2) is 15.7.